The molecule has 1 saturated heterocycles. The second-order valence-electron chi connectivity index (χ2n) is 6.39. The standard InChI is InChI=1S/C17H27N3/c1-13-15(12-18-2)9-10-17(19-13)20-11-5-7-14-6-3-4-8-16(14)20/h9-10,14,16,18H,3-8,11-12H2,1-2H3. The molecule has 0 spiro atoms. The van der Waals surface area contributed by atoms with Crippen molar-refractivity contribution in [2.75, 3.05) is 18.5 Å². The molecule has 2 atom stereocenters. The Morgan fingerprint density at radius 2 is 2.00 bits per heavy atom. The number of pyridine rings is 1. The number of hydrogen-bond donors (Lipinski definition) is 1. The highest BCUT2D eigenvalue weighted by Crippen LogP contribution is 2.37. The zero-order chi connectivity index (χ0) is 13.9. The number of nitrogens with zero attached hydrogens (tertiary/aromatic N) is 2. The summed E-state index contributed by atoms with van der Waals surface area (Å²) >= 11 is 0. The third-order valence-corrected chi connectivity index (χ3v) is 5.09. The van der Waals surface area contributed by atoms with E-state index in [1.807, 2.05) is 7.05 Å². The van der Waals surface area contributed by atoms with Gasteiger partial charge in [0.15, 0.2) is 0 Å². The third-order valence-electron chi connectivity index (χ3n) is 5.09. The fourth-order valence-electron chi connectivity index (χ4n) is 4.02. The van der Waals surface area contributed by atoms with Crippen molar-refractivity contribution in [2.24, 2.45) is 5.92 Å². The summed E-state index contributed by atoms with van der Waals surface area (Å²) in [4.78, 5) is 7.49. The van der Waals surface area contributed by atoms with E-state index in [9.17, 15) is 0 Å². The highest BCUT2D eigenvalue weighted by Gasteiger charge is 2.33. The van der Waals surface area contributed by atoms with Crippen molar-refractivity contribution in [3.63, 3.8) is 0 Å². The Labute approximate surface area is 122 Å². The van der Waals surface area contributed by atoms with Crippen molar-refractivity contribution >= 4 is 5.82 Å². The van der Waals surface area contributed by atoms with Crippen LogP contribution < -0.4 is 10.2 Å². The summed E-state index contributed by atoms with van der Waals surface area (Å²) in [5, 5.41) is 3.22. The van der Waals surface area contributed by atoms with E-state index in [0.717, 1.165) is 18.5 Å². The average Bonchev–Trinajstić information content (AvgIpc) is 2.49. The number of piperidine rings is 1. The minimum atomic E-state index is 0.750. The van der Waals surface area contributed by atoms with Crippen molar-refractivity contribution in [3.8, 4) is 0 Å². The predicted octanol–water partition coefficient (Wildman–Crippen LogP) is 3.27. The minimum Gasteiger partial charge on any atom is -0.353 e. The molecular formula is C17H27N3. The molecule has 0 bridgehead atoms. The van der Waals surface area contributed by atoms with E-state index in [4.69, 9.17) is 4.98 Å². The molecule has 2 aliphatic rings. The van der Waals surface area contributed by atoms with E-state index in [0.29, 0.717) is 0 Å². The van der Waals surface area contributed by atoms with Gasteiger partial charge in [-0.05, 0) is 57.2 Å². The van der Waals surface area contributed by atoms with Gasteiger partial charge < -0.3 is 10.2 Å². The van der Waals surface area contributed by atoms with Crippen LogP contribution in [0.4, 0.5) is 5.82 Å². The first-order chi connectivity index (χ1) is 9.79. The summed E-state index contributed by atoms with van der Waals surface area (Å²) in [7, 11) is 1.99. The van der Waals surface area contributed by atoms with Crippen LogP contribution in [0.25, 0.3) is 0 Å². The van der Waals surface area contributed by atoms with Gasteiger partial charge in [-0.3, -0.25) is 0 Å². The molecule has 3 rings (SSSR count). The molecule has 1 aromatic heterocycles. The monoisotopic (exact) mass is 273 g/mol. The van der Waals surface area contributed by atoms with Crippen molar-refractivity contribution in [2.45, 2.75) is 58.0 Å². The molecule has 0 amide bonds. The lowest BCUT2D eigenvalue weighted by molar-refractivity contribution is 0.242. The summed E-state index contributed by atoms with van der Waals surface area (Å²) in [5.41, 5.74) is 2.49. The molecule has 110 valence electrons. The number of hydrogen-bond acceptors (Lipinski definition) is 3. The number of aromatic nitrogens is 1. The van der Waals surface area contributed by atoms with Gasteiger partial charge in [-0.25, -0.2) is 4.98 Å². The molecule has 1 N–H and O–H groups in total. The molecule has 1 aromatic rings. The van der Waals surface area contributed by atoms with Crippen LogP contribution in [0.5, 0.6) is 0 Å². The predicted molar refractivity (Wildman–Crippen MR) is 84.1 cm³/mol. The zero-order valence-corrected chi connectivity index (χ0v) is 12.9. The van der Waals surface area contributed by atoms with Crippen LogP contribution in [0.1, 0.15) is 49.8 Å². The second-order valence-corrected chi connectivity index (χ2v) is 6.39. The van der Waals surface area contributed by atoms with E-state index in [2.05, 4.69) is 29.3 Å². The topological polar surface area (TPSA) is 28.2 Å². The Morgan fingerprint density at radius 1 is 1.20 bits per heavy atom. The maximum Gasteiger partial charge on any atom is 0.129 e. The van der Waals surface area contributed by atoms with Gasteiger partial charge in [0.25, 0.3) is 0 Å². The van der Waals surface area contributed by atoms with Crippen LogP contribution >= 0.6 is 0 Å². The van der Waals surface area contributed by atoms with Crippen molar-refractivity contribution < 1.29 is 0 Å². The van der Waals surface area contributed by atoms with Gasteiger partial charge in [0.05, 0.1) is 0 Å². The summed E-state index contributed by atoms with van der Waals surface area (Å²) in [6.45, 7) is 4.24. The molecule has 3 nitrogen and oxygen atoms in total. The van der Waals surface area contributed by atoms with Crippen molar-refractivity contribution in [1.82, 2.24) is 10.3 Å². The second kappa shape index (κ2) is 6.13. The fraction of sp³-hybridized carbons (Fsp3) is 0.706. The molecule has 0 radical (unpaired) electrons. The summed E-state index contributed by atoms with van der Waals surface area (Å²) < 4.78 is 0. The van der Waals surface area contributed by atoms with Gasteiger partial charge in [0, 0.05) is 24.8 Å². The van der Waals surface area contributed by atoms with E-state index in [1.54, 1.807) is 0 Å². The van der Waals surface area contributed by atoms with Crippen LogP contribution in [-0.4, -0.2) is 24.6 Å². The molecule has 1 aliphatic carbocycles. The smallest absolute Gasteiger partial charge is 0.129 e. The first kappa shape index (κ1) is 13.9. The molecule has 1 aliphatic heterocycles. The van der Waals surface area contributed by atoms with Gasteiger partial charge in [0.2, 0.25) is 0 Å². The molecule has 3 heteroatoms. The van der Waals surface area contributed by atoms with Crippen LogP contribution in [0.15, 0.2) is 12.1 Å². The van der Waals surface area contributed by atoms with E-state index < -0.39 is 0 Å². The zero-order valence-electron chi connectivity index (χ0n) is 12.9. The minimum absolute atomic E-state index is 0.750. The lowest BCUT2D eigenvalue weighted by Gasteiger charge is -2.45. The summed E-state index contributed by atoms with van der Waals surface area (Å²) in [6.07, 6.45) is 8.39. The van der Waals surface area contributed by atoms with Crippen molar-refractivity contribution in [1.29, 1.82) is 0 Å². The number of rotatable bonds is 3. The Kier molecular flexibility index (Phi) is 4.25. The Hall–Kier alpha value is -1.09. The molecule has 2 unspecified atom stereocenters. The molecule has 2 heterocycles. The largest absolute Gasteiger partial charge is 0.353 e. The Morgan fingerprint density at radius 3 is 2.80 bits per heavy atom. The highest BCUT2D eigenvalue weighted by atomic mass is 15.2. The maximum absolute atomic E-state index is 4.89. The molecule has 0 aromatic carbocycles. The van der Waals surface area contributed by atoms with Crippen LogP contribution in [0, 0.1) is 12.8 Å². The van der Waals surface area contributed by atoms with E-state index >= 15 is 0 Å². The van der Waals surface area contributed by atoms with Gasteiger partial charge >= 0.3 is 0 Å². The molecular weight excluding hydrogens is 246 g/mol. The normalized spacial score (nSPS) is 26.4. The first-order valence-electron chi connectivity index (χ1n) is 8.17. The fourth-order valence-corrected chi connectivity index (χ4v) is 4.02. The van der Waals surface area contributed by atoms with E-state index in [-0.39, 0.29) is 0 Å². The van der Waals surface area contributed by atoms with Crippen LogP contribution in [-0.2, 0) is 6.54 Å². The Bertz CT molecular complexity index is 456. The van der Waals surface area contributed by atoms with Crippen LogP contribution in [0.3, 0.4) is 0 Å². The maximum atomic E-state index is 4.89. The number of anilines is 1. The average molecular weight is 273 g/mol. The third kappa shape index (κ3) is 2.69. The van der Waals surface area contributed by atoms with E-state index in [1.165, 1.54) is 62.1 Å². The molecule has 2 fully saturated rings. The lowest BCUT2D eigenvalue weighted by Crippen LogP contribution is -2.47. The van der Waals surface area contributed by atoms with Crippen LogP contribution in [0.2, 0.25) is 0 Å². The quantitative estimate of drug-likeness (QED) is 0.916. The number of fused-ring (bicyclic) bond motifs is 1. The highest BCUT2D eigenvalue weighted by molar-refractivity contribution is 5.43. The lowest BCUT2D eigenvalue weighted by atomic mass is 9.78. The summed E-state index contributed by atoms with van der Waals surface area (Å²) in [6, 6.07) is 5.23. The molecule has 20 heavy (non-hydrogen) atoms. The van der Waals surface area contributed by atoms with Crippen molar-refractivity contribution in [3.05, 3.63) is 23.4 Å². The van der Waals surface area contributed by atoms with Gasteiger partial charge in [-0.1, -0.05) is 18.9 Å². The van der Waals surface area contributed by atoms with Gasteiger partial charge in [-0.15, -0.1) is 0 Å². The number of aryl methyl sites for hydroxylation is 1. The molecule has 1 saturated carbocycles. The van der Waals surface area contributed by atoms with Gasteiger partial charge in [-0.2, -0.15) is 0 Å². The first-order valence-corrected chi connectivity index (χ1v) is 8.17. The van der Waals surface area contributed by atoms with Gasteiger partial charge in [0.1, 0.15) is 5.82 Å². The summed E-state index contributed by atoms with van der Waals surface area (Å²) in [5.74, 6) is 2.12. The number of nitrogens with one attached hydrogen (secondary N) is 1. The Balaban J connectivity index is 1.82. The SMILES string of the molecule is CNCc1ccc(N2CCCC3CCCCC32)nc1C.